The van der Waals surface area contributed by atoms with Gasteiger partial charge in [0.25, 0.3) is 0 Å². The molecule has 0 aromatic carbocycles. The van der Waals surface area contributed by atoms with Crippen molar-refractivity contribution in [1.82, 2.24) is 19.8 Å². The molecule has 0 spiro atoms. The monoisotopic (exact) mass is 380 g/mol. The second kappa shape index (κ2) is 7.16. The van der Waals surface area contributed by atoms with Crippen LogP contribution in [0.4, 0.5) is 21.0 Å². The second-order valence-electron chi connectivity index (χ2n) is 4.75. The maximum Gasteiger partial charge on any atom is -1.00 e. The third-order valence-corrected chi connectivity index (χ3v) is 2.34. The van der Waals surface area contributed by atoms with Gasteiger partial charge in [0.05, 0.1) is 28.2 Å². The van der Waals surface area contributed by atoms with Crippen molar-refractivity contribution in [2.75, 3.05) is 28.2 Å². The van der Waals surface area contributed by atoms with Crippen LogP contribution >= 0.6 is 8.16 Å². The van der Waals surface area contributed by atoms with Crippen molar-refractivity contribution in [3.8, 4) is 0 Å². The normalized spacial score (nSPS) is 12.3. The Morgan fingerprint density at radius 3 is 2.17 bits per heavy atom. The van der Waals surface area contributed by atoms with Crippen molar-refractivity contribution in [3.63, 3.8) is 0 Å². The average molecular weight is 380 g/mol. The number of rotatable bonds is 0. The molecule has 7 nitrogen and oxygen atoms in total. The third kappa shape index (κ3) is 6.52. The zero-order chi connectivity index (χ0) is 18.0. The molecule has 14 heteroatoms. The Morgan fingerprint density at radius 2 is 1.75 bits per heavy atom. The van der Waals surface area contributed by atoms with Crippen molar-refractivity contribution in [2.45, 2.75) is 0 Å². The molecule has 24 heavy (non-hydrogen) atoms. The van der Waals surface area contributed by atoms with Gasteiger partial charge in [-0.1, -0.05) is 4.68 Å². The van der Waals surface area contributed by atoms with Crippen molar-refractivity contribution in [3.05, 3.63) is 23.5 Å². The number of hydrogen-bond acceptors (Lipinski definition) is 3. The Morgan fingerprint density at radius 1 is 1.25 bits per heavy atom. The van der Waals surface area contributed by atoms with E-state index in [1.54, 1.807) is 16.9 Å². The molecule has 0 fully saturated rings. The van der Waals surface area contributed by atoms with E-state index in [0.29, 0.717) is 16.0 Å². The number of aromatic nitrogens is 4. The average Bonchev–Trinajstić information content (AvgIpc) is 2.64. The fourth-order valence-electron chi connectivity index (χ4n) is 1.80. The van der Waals surface area contributed by atoms with Crippen LogP contribution in [-0.2, 0) is 0 Å². The van der Waals surface area contributed by atoms with E-state index in [1.165, 1.54) is 0 Å². The molecular formula is C10H15F6N6OP. The minimum Gasteiger partial charge on any atom is -1.00 e. The maximum absolute atomic E-state index is 11.6. The number of nitrogens with zero attached hydrogens (tertiary/aromatic N) is 6. The topological polar surface area (TPSA) is 63.9 Å². The number of halogens is 6. The SMILES string of the molecule is CN(C)C(n1n[n+]([O-])c2ncccc21)=[N+](C)C.FP(F)(F)(F)F.[F-]. The molecule has 2 rings (SSSR count). The number of hydrogen-bond donors (Lipinski definition) is 0. The van der Waals surface area contributed by atoms with Crippen LogP contribution in [0.1, 0.15) is 0 Å². The third-order valence-electron chi connectivity index (χ3n) is 2.34. The van der Waals surface area contributed by atoms with Crippen molar-refractivity contribution in [1.29, 1.82) is 0 Å². The van der Waals surface area contributed by atoms with E-state index in [-0.39, 0.29) is 4.70 Å². The predicted octanol–water partition coefficient (Wildman–Crippen LogP) is -0.931. The summed E-state index contributed by atoms with van der Waals surface area (Å²) in [5.41, 5.74) is 0.994. The van der Waals surface area contributed by atoms with E-state index < -0.39 is 8.16 Å². The standard InChI is InChI=1S/C10H15N6O.F5P.FH/c1-13(2)10(14(3)4)15-8-6-5-7-11-9(8)16(17)12-15;1-6(2,3,4)5;/h5-7H,1-4H3;;1H/q+1;;/p-1. The van der Waals surface area contributed by atoms with Gasteiger partial charge in [0.2, 0.25) is 5.52 Å². The van der Waals surface area contributed by atoms with Gasteiger partial charge in [-0.25, -0.2) is 0 Å². The molecule has 2 aromatic heterocycles. The van der Waals surface area contributed by atoms with E-state index in [9.17, 15) is 26.2 Å². The van der Waals surface area contributed by atoms with E-state index in [2.05, 4.69) is 10.2 Å². The molecule has 0 unspecified atom stereocenters. The van der Waals surface area contributed by atoms with Gasteiger partial charge in [0, 0.05) is 5.21 Å². The minimum atomic E-state index is -8.55. The van der Waals surface area contributed by atoms with Gasteiger partial charge in [-0.3, -0.25) is 9.48 Å². The second-order valence-corrected chi connectivity index (χ2v) is 6.03. The van der Waals surface area contributed by atoms with Crippen molar-refractivity contribution in [2.24, 2.45) is 0 Å². The Labute approximate surface area is 133 Å². The van der Waals surface area contributed by atoms with E-state index >= 15 is 0 Å². The molecule has 0 bridgehead atoms. The van der Waals surface area contributed by atoms with Gasteiger partial charge >= 0.3 is 40.7 Å². The molecule has 138 valence electrons. The molecule has 0 amide bonds. The van der Waals surface area contributed by atoms with E-state index in [1.807, 2.05) is 43.7 Å². The Kier molecular flexibility index (Phi) is 6.51. The molecule has 2 heterocycles. The fourth-order valence-corrected chi connectivity index (χ4v) is 1.80. The first-order valence-electron chi connectivity index (χ1n) is 6.02. The molecule has 0 N–H and O–H groups in total. The van der Waals surface area contributed by atoms with Gasteiger partial charge in [0.15, 0.2) is 0 Å². The van der Waals surface area contributed by atoms with Crippen molar-refractivity contribution < 1.29 is 35.1 Å². The summed E-state index contributed by atoms with van der Waals surface area (Å²) in [6.07, 6.45) is 1.58. The van der Waals surface area contributed by atoms with E-state index in [0.717, 1.165) is 5.96 Å². The summed E-state index contributed by atoms with van der Waals surface area (Å²) in [6.45, 7) is 0. The summed E-state index contributed by atoms with van der Waals surface area (Å²) in [5.74, 6) is 0.789. The molecule has 0 saturated heterocycles. The summed E-state index contributed by atoms with van der Waals surface area (Å²) in [5, 5.41) is 15.5. The molecule has 2 aromatic rings. The van der Waals surface area contributed by atoms with Crippen LogP contribution in [0.2, 0.25) is 0 Å². The Balaban J connectivity index is 0.000000655. The summed E-state index contributed by atoms with van der Waals surface area (Å²) in [7, 11) is -0.961. The summed E-state index contributed by atoms with van der Waals surface area (Å²) < 4.78 is 52.7. The number of fused-ring (bicyclic) bond motifs is 1. The molecule has 0 aliphatic carbocycles. The first-order chi connectivity index (χ1) is 10.3. The van der Waals surface area contributed by atoms with E-state index in [4.69, 9.17) is 0 Å². The van der Waals surface area contributed by atoms with Crippen LogP contribution in [-0.4, -0.2) is 58.5 Å². The van der Waals surface area contributed by atoms with Gasteiger partial charge in [-0.2, -0.15) is 0 Å². The van der Waals surface area contributed by atoms with Crippen LogP contribution in [0.25, 0.3) is 11.2 Å². The Hall–Kier alpha value is -2.17. The minimum absolute atomic E-state index is 0. The predicted molar refractivity (Wildman–Crippen MR) is 75.1 cm³/mol. The van der Waals surface area contributed by atoms with Crippen LogP contribution in [0.5, 0.6) is 0 Å². The van der Waals surface area contributed by atoms with Crippen molar-refractivity contribution >= 4 is 25.3 Å². The Bertz CT molecular complexity index is 719. The smallest absolute Gasteiger partial charge is 1.00 e. The van der Waals surface area contributed by atoms with Crippen LogP contribution in [0.15, 0.2) is 18.3 Å². The molecule has 0 aliphatic rings. The van der Waals surface area contributed by atoms with Gasteiger partial charge < -0.3 is 9.91 Å². The van der Waals surface area contributed by atoms with Crippen LogP contribution in [0.3, 0.4) is 0 Å². The van der Waals surface area contributed by atoms with Gasteiger partial charge in [-0.15, -0.1) is 9.83 Å². The molecule has 0 aliphatic heterocycles. The molecular weight excluding hydrogens is 365 g/mol. The summed E-state index contributed by atoms with van der Waals surface area (Å²) in [4.78, 5) is 6.44. The first-order valence-corrected chi connectivity index (χ1v) is 7.71. The van der Waals surface area contributed by atoms with Gasteiger partial charge in [-0.05, 0) is 12.1 Å². The molecule has 0 radical (unpaired) electrons. The first kappa shape index (κ1) is 21.8. The largest absolute Gasteiger partial charge is 1.00 e. The van der Waals surface area contributed by atoms with Gasteiger partial charge in [0.1, 0.15) is 6.20 Å². The molecule has 0 atom stereocenters. The maximum atomic E-state index is 11.6. The molecule has 0 saturated carbocycles. The zero-order valence-corrected chi connectivity index (χ0v) is 13.9. The summed E-state index contributed by atoms with van der Waals surface area (Å²) in [6, 6.07) is 3.60. The quantitative estimate of drug-likeness (QED) is 0.148. The fraction of sp³-hybridized carbons (Fsp3) is 0.400. The zero-order valence-electron chi connectivity index (χ0n) is 13.0. The summed E-state index contributed by atoms with van der Waals surface area (Å²) >= 11 is 0. The number of pyridine rings is 1. The van der Waals surface area contributed by atoms with Crippen LogP contribution < -0.4 is 9.55 Å². The van der Waals surface area contributed by atoms with Crippen LogP contribution in [0, 0.1) is 5.21 Å².